The van der Waals surface area contributed by atoms with Gasteiger partial charge in [0.25, 0.3) is 5.56 Å². The maximum Gasteiger partial charge on any atom is 0.255 e. The number of anilines is 1. The summed E-state index contributed by atoms with van der Waals surface area (Å²) < 4.78 is 5.98. The van der Waals surface area contributed by atoms with E-state index in [1.165, 1.54) is 0 Å². The van der Waals surface area contributed by atoms with Crippen molar-refractivity contribution in [2.24, 2.45) is 5.10 Å². The van der Waals surface area contributed by atoms with Crippen LogP contribution in [0.25, 0.3) is 0 Å². The van der Waals surface area contributed by atoms with Crippen molar-refractivity contribution < 1.29 is 9.84 Å². The lowest BCUT2D eigenvalue weighted by molar-refractivity contribution is 0.298. The number of aromatic amines is 1. The highest BCUT2D eigenvalue weighted by atomic mass is 79.9. The third-order valence-electron chi connectivity index (χ3n) is 3.14. The van der Waals surface area contributed by atoms with Crippen molar-refractivity contribution in [3.63, 3.8) is 0 Å². The van der Waals surface area contributed by atoms with Gasteiger partial charge in [-0.2, -0.15) is 5.10 Å². The Hall–Kier alpha value is -2.19. The Balaban J connectivity index is 2.11. The van der Waals surface area contributed by atoms with E-state index >= 15 is 0 Å². The fourth-order valence-electron chi connectivity index (χ4n) is 2.00. The van der Waals surface area contributed by atoms with Crippen LogP contribution in [0.2, 0.25) is 0 Å². The van der Waals surface area contributed by atoms with Crippen molar-refractivity contribution >= 4 is 28.1 Å². The first-order valence-corrected chi connectivity index (χ1v) is 7.67. The number of rotatable bonds is 6. The van der Waals surface area contributed by atoms with Crippen LogP contribution < -0.4 is 15.7 Å². The maximum atomic E-state index is 11.9. The van der Waals surface area contributed by atoms with Gasteiger partial charge in [-0.3, -0.25) is 9.78 Å². The predicted molar refractivity (Wildman–Crippen MR) is 92.3 cm³/mol. The third-order valence-corrected chi connectivity index (χ3v) is 3.76. The number of ether oxygens (including phenoxy) is 1. The molecule has 122 valence electrons. The minimum Gasteiger partial charge on any atom is -0.496 e. The molecule has 0 unspecified atom stereocenters. The number of methoxy groups -OCH3 is 1. The Morgan fingerprint density at radius 3 is 2.91 bits per heavy atom. The summed E-state index contributed by atoms with van der Waals surface area (Å²) in [5.41, 5.74) is 4.29. The molecule has 0 saturated heterocycles. The molecule has 2 rings (SSSR count). The van der Waals surface area contributed by atoms with Gasteiger partial charge < -0.3 is 9.84 Å². The highest BCUT2D eigenvalue weighted by molar-refractivity contribution is 9.10. The van der Waals surface area contributed by atoms with Crippen molar-refractivity contribution in [3.8, 4) is 5.75 Å². The molecular formula is C15H17BrN4O3. The van der Waals surface area contributed by atoms with Crippen LogP contribution in [-0.2, 0) is 6.42 Å². The third kappa shape index (κ3) is 4.40. The van der Waals surface area contributed by atoms with Gasteiger partial charge in [0.15, 0.2) is 0 Å². The molecule has 0 atom stereocenters. The molecule has 1 aromatic heterocycles. The quantitative estimate of drug-likeness (QED) is 0.524. The van der Waals surface area contributed by atoms with Crippen LogP contribution in [0.4, 0.5) is 5.95 Å². The number of nitrogens with one attached hydrogen (secondary N) is 2. The van der Waals surface area contributed by atoms with Gasteiger partial charge in [-0.15, -0.1) is 0 Å². The summed E-state index contributed by atoms with van der Waals surface area (Å²) in [6, 6.07) is 5.52. The van der Waals surface area contributed by atoms with E-state index in [0.29, 0.717) is 11.3 Å². The molecule has 0 fully saturated rings. The summed E-state index contributed by atoms with van der Waals surface area (Å²) in [5.74, 6) is 0.981. The van der Waals surface area contributed by atoms with E-state index in [1.807, 2.05) is 18.2 Å². The summed E-state index contributed by atoms with van der Waals surface area (Å²) in [5, 5.41) is 13.0. The molecule has 1 aromatic carbocycles. The van der Waals surface area contributed by atoms with Crippen LogP contribution in [0.1, 0.15) is 16.8 Å². The van der Waals surface area contributed by atoms with Crippen molar-refractivity contribution in [1.82, 2.24) is 9.97 Å². The van der Waals surface area contributed by atoms with Crippen molar-refractivity contribution in [3.05, 3.63) is 49.8 Å². The lowest BCUT2D eigenvalue weighted by Crippen LogP contribution is -2.19. The van der Waals surface area contributed by atoms with Crippen molar-refractivity contribution in [2.45, 2.75) is 13.3 Å². The fraction of sp³-hybridized carbons (Fsp3) is 0.267. The van der Waals surface area contributed by atoms with Crippen LogP contribution in [0.15, 0.2) is 32.6 Å². The average Bonchev–Trinajstić information content (AvgIpc) is 2.51. The second-order valence-electron chi connectivity index (χ2n) is 4.72. The summed E-state index contributed by atoms with van der Waals surface area (Å²) in [6.45, 7) is 1.62. The van der Waals surface area contributed by atoms with E-state index in [-0.39, 0.29) is 24.5 Å². The number of hydrazone groups is 1. The second kappa shape index (κ2) is 7.89. The fourth-order valence-corrected chi connectivity index (χ4v) is 2.56. The van der Waals surface area contributed by atoms with E-state index in [4.69, 9.17) is 9.84 Å². The Morgan fingerprint density at radius 2 is 2.30 bits per heavy atom. The van der Waals surface area contributed by atoms with Crippen LogP contribution in [0.3, 0.4) is 0 Å². The number of hydrogen-bond donors (Lipinski definition) is 3. The maximum absolute atomic E-state index is 11.9. The van der Waals surface area contributed by atoms with Gasteiger partial charge in [-0.05, 0) is 46.6 Å². The van der Waals surface area contributed by atoms with Crippen molar-refractivity contribution in [2.75, 3.05) is 19.1 Å². The number of benzene rings is 1. The summed E-state index contributed by atoms with van der Waals surface area (Å²) in [4.78, 5) is 18.7. The lowest BCUT2D eigenvalue weighted by atomic mass is 10.2. The Bertz CT molecular complexity index is 774. The topological polar surface area (TPSA) is 99.6 Å². The molecular weight excluding hydrogens is 364 g/mol. The zero-order valence-electron chi connectivity index (χ0n) is 12.8. The predicted octanol–water partition coefficient (Wildman–Crippen LogP) is 1.83. The van der Waals surface area contributed by atoms with Crippen LogP contribution in [0.5, 0.6) is 5.75 Å². The molecule has 7 nitrogen and oxygen atoms in total. The number of aliphatic hydroxyl groups excluding tert-OH is 1. The number of hydrogen-bond acceptors (Lipinski definition) is 6. The van der Waals surface area contributed by atoms with Gasteiger partial charge in [-0.1, -0.05) is 0 Å². The van der Waals surface area contributed by atoms with E-state index in [0.717, 1.165) is 15.8 Å². The minimum atomic E-state index is -0.281. The number of aromatic nitrogens is 2. The Morgan fingerprint density at radius 1 is 1.52 bits per heavy atom. The molecule has 2 aromatic rings. The molecule has 8 heteroatoms. The number of aliphatic hydroxyl groups is 1. The molecule has 0 aliphatic carbocycles. The normalized spacial score (nSPS) is 11.0. The number of halogens is 1. The Labute approximate surface area is 141 Å². The number of H-pyrrole nitrogens is 1. The summed E-state index contributed by atoms with van der Waals surface area (Å²) >= 11 is 3.40. The molecule has 0 bridgehead atoms. The van der Waals surface area contributed by atoms with Crippen LogP contribution in [-0.4, -0.2) is 35.0 Å². The van der Waals surface area contributed by atoms with Crippen LogP contribution >= 0.6 is 15.9 Å². The SMILES string of the molecule is COc1ccc(/C=N\Nc2nc(C)c(CCO)c(=O)[nH]2)cc1Br. The monoisotopic (exact) mass is 380 g/mol. The summed E-state index contributed by atoms with van der Waals surface area (Å²) in [6.07, 6.45) is 1.87. The molecule has 0 amide bonds. The standard InChI is InChI=1S/C15H17BrN4O3/c1-9-11(5-6-21)14(22)19-15(18-9)20-17-8-10-3-4-13(23-2)12(16)7-10/h3-4,7-8,21H,5-6H2,1-2H3,(H2,18,19,20,22)/b17-8-. The highest BCUT2D eigenvalue weighted by Gasteiger charge is 2.07. The van der Waals surface area contributed by atoms with Gasteiger partial charge in [0.2, 0.25) is 5.95 Å². The van der Waals surface area contributed by atoms with Gasteiger partial charge in [0, 0.05) is 18.6 Å². The average molecular weight is 381 g/mol. The van der Waals surface area contributed by atoms with Gasteiger partial charge in [0.1, 0.15) is 5.75 Å². The summed E-state index contributed by atoms with van der Waals surface area (Å²) in [7, 11) is 1.60. The molecule has 23 heavy (non-hydrogen) atoms. The lowest BCUT2D eigenvalue weighted by Gasteiger charge is -2.05. The zero-order valence-corrected chi connectivity index (χ0v) is 14.3. The van der Waals surface area contributed by atoms with E-state index in [2.05, 4.69) is 36.4 Å². The first-order chi connectivity index (χ1) is 11.0. The molecule has 0 aliphatic rings. The molecule has 0 aliphatic heterocycles. The number of nitrogens with zero attached hydrogens (tertiary/aromatic N) is 2. The van der Waals surface area contributed by atoms with E-state index in [9.17, 15) is 4.79 Å². The molecule has 0 radical (unpaired) electrons. The van der Waals surface area contributed by atoms with Crippen LogP contribution in [0, 0.1) is 6.92 Å². The van der Waals surface area contributed by atoms with E-state index < -0.39 is 0 Å². The molecule has 1 heterocycles. The van der Waals surface area contributed by atoms with Gasteiger partial charge >= 0.3 is 0 Å². The van der Waals surface area contributed by atoms with Gasteiger partial charge in [-0.25, -0.2) is 10.4 Å². The second-order valence-corrected chi connectivity index (χ2v) is 5.57. The molecule has 3 N–H and O–H groups in total. The van der Waals surface area contributed by atoms with Crippen molar-refractivity contribution in [1.29, 1.82) is 0 Å². The molecule has 0 saturated carbocycles. The first kappa shape index (κ1) is 17.2. The largest absolute Gasteiger partial charge is 0.496 e. The minimum absolute atomic E-state index is 0.0944. The van der Waals surface area contributed by atoms with E-state index in [1.54, 1.807) is 20.2 Å². The smallest absolute Gasteiger partial charge is 0.255 e. The first-order valence-electron chi connectivity index (χ1n) is 6.88. The van der Waals surface area contributed by atoms with Gasteiger partial charge in [0.05, 0.1) is 23.5 Å². The zero-order chi connectivity index (χ0) is 16.8. The number of aryl methyl sites for hydroxylation is 1. The Kier molecular flexibility index (Phi) is 5.89. The molecule has 0 spiro atoms. The highest BCUT2D eigenvalue weighted by Crippen LogP contribution is 2.24.